The SMILES string of the molecule is CC(C)C(=O)CC(C)(C)C.COc1ccccc1CCC(C)(C)C.Cc1ccc(C(=O)CC(C)(C)C)cc1. The van der Waals surface area contributed by atoms with Gasteiger partial charge in [-0.3, -0.25) is 9.59 Å². The minimum atomic E-state index is 0.0714. The summed E-state index contributed by atoms with van der Waals surface area (Å²) in [7, 11) is 1.73. The molecular weight excluding hydrogens is 468 g/mol. The minimum absolute atomic E-state index is 0.0714. The molecule has 0 N–H and O–H groups in total. The standard InChI is InChI=1S/C13H18O.C13H20O.C9H18O/c1-10-5-7-11(8-6-10)12(14)9-13(2,3)4;1-13(2,3)10-9-11-7-5-6-8-12(11)14-4;1-7(2)8(10)6-9(3,4)5/h5-8H,9H2,1-4H3;5-8H,9-10H2,1-4H3;7H,6H2,1-5H3. The lowest BCUT2D eigenvalue weighted by Gasteiger charge is -2.18. The molecule has 0 radical (unpaired) electrons. The predicted octanol–water partition coefficient (Wildman–Crippen LogP) is 9.94. The number of aryl methyl sites for hydroxylation is 2. The molecule has 0 bridgehead atoms. The fraction of sp³-hybridized carbons (Fsp3) is 0.600. The maximum Gasteiger partial charge on any atom is 0.163 e. The average Bonchev–Trinajstić information content (AvgIpc) is 2.76. The number of benzene rings is 2. The zero-order valence-electron chi connectivity index (χ0n) is 26.7. The van der Waals surface area contributed by atoms with Gasteiger partial charge < -0.3 is 4.74 Å². The summed E-state index contributed by atoms with van der Waals surface area (Å²) in [5.41, 5.74) is 3.94. The lowest BCUT2D eigenvalue weighted by atomic mass is 9.87. The highest BCUT2D eigenvalue weighted by atomic mass is 16.5. The smallest absolute Gasteiger partial charge is 0.163 e. The number of ketones is 2. The fourth-order valence-electron chi connectivity index (χ4n) is 3.47. The second-order valence-corrected chi connectivity index (χ2v) is 14.3. The predicted molar refractivity (Wildman–Crippen MR) is 164 cm³/mol. The van der Waals surface area contributed by atoms with Crippen LogP contribution in [0.4, 0.5) is 0 Å². The van der Waals surface area contributed by atoms with Gasteiger partial charge in [0.05, 0.1) is 7.11 Å². The third-order valence-electron chi connectivity index (χ3n) is 5.75. The number of methoxy groups -OCH3 is 1. The van der Waals surface area contributed by atoms with Crippen LogP contribution < -0.4 is 4.74 Å². The van der Waals surface area contributed by atoms with Crippen molar-refractivity contribution in [2.75, 3.05) is 7.11 Å². The van der Waals surface area contributed by atoms with Crippen molar-refractivity contribution in [3.05, 3.63) is 65.2 Å². The highest BCUT2D eigenvalue weighted by Gasteiger charge is 2.18. The lowest BCUT2D eigenvalue weighted by molar-refractivity contribution is -0.123. The number of carbonyl (C=O) groups is 2. The van der Waals surface area contributed by atoms with Crippen LogP contribution >= 0.6 is 0 Å². The van der Waals surface area contributed by atoms with Gasteiger partial charge in [-0.2, -0.15) is 0 Å². The van der Waals surface area contributed by atoms with Crippen molar-refractivity contribution in [1.82, 2.24) is 0 Å². The van der Waals surface area contributed by atoms with Gasteiger partial charge in [0.2, 0.25) is 0 Å². The molecule has 0 heterocycles. The summed E-state index contributed by atoms with van der Waals surface area (Å²) in [5.74, 6) is 1.81. The molecule has 0 aliphatic heterocycles. The van der Waals surface area contributed by atoms with Gasteiger partial charge >= 0.3 is 0 Å². The van der Waals surface area contributed by atoms with E-state index in [1.54, 1.807) is 7.11 Å². The Morgan fingerprint density at radius 2 is 1.24 bits per heavy atom. The molecule has 2 aromatic carbocycles. The van der Waals surface area contributed by atoms with Crippen LogP contribution in [-0.4, -0.2) is 18.7 Å². The summed E-state index contributed by atoms with van der Waals surface area (Å²) in [6.07, 6.45) is 3.58. The van der Waals surface area contributed by atoms with Crippen LogP contribution in [0.2, 0.25) is 0 Å². The van der Waals surface area contributed by atoms with Gasteiger partial charge in [0, 0.05) is 24.3 Å². The summed E-state index contributed by atoms with van der Waals surface area (Å²) in [4.78, 5) is 22.9. The van der Waals surface area contributed by atoms with Crippen molar-refractivity contribution < 1.29 is 14.3 Å². The fourth-order valence-corrected chi connectivity index (χ4v) is 3.47. The molecule has 0 fully saturated rings. The first-order chi connectivity index (χ1) is 17.2. The number of carbonyl (C=O) groups excluding carboxylic acids is 2. The zero-order valence-corrected chi connectivity index (χ0v) is 26.7. The van der Waals surface area contributed by atoms with E-state index >= 15 is 0 Å². The number of hydrogen-bond acceptors (Lipinski definition) is 3. The van der Waals surface area contributed by atoms with E-state index in [1.807, 2.05) is 57.2 Å². The van der Waals surface area contributed by atoms with Gasteiger partial charge in [-0.15, -0.1) is 0 Å². The normalized spacial score (nSPS) is 11.6. The number of para-hydroxylation sites is 1. The van der Waals surface area contributed by atoms with Crippen molar-refractivity contribution in [3.8, 4) is 5.75 Å². The van der Waals surface area contributed by atoms with E-state index in [0.717, 1.165) is 17.7 Å². The van der Waals surface area contributed by atoms with Gasteiger partial charge in [0.1, 0.15) is 11.5 Å². The molecule has 0 saturated heterocycles. The average molecular weight is 525 g/mol. The molecule has 0 spiro atoms. The molecule has 0 saturated carbocycles. The summed E-state index contributed by atoms with van der Waals surface area (Å²) < 4.78 is 5.31. The Kier molecular flexibility index (Phi) is 14.9. The molecule has 0 amide bonds. The Labute approximate surface area is 234 Å². The van der Waals surface area contributed by atoms with E-state index in [2.05, 4.69) is 74.4 Å². The molecule has 0 atom stereocenters. The maximum atomic E-state index is 11.8. The molecule has 3 nitrogen and oxygen atoms in total. The van der Waals surface area contributed by atoms with Crippen molar-refractivity contribution in [2.45, 2.75) is 109 Å². The van der Waals surface area contributed by atoms with Crippen molar-refractivity contribution in [1.29, 1.82) is 0 Å². The molecule has 3 heteroatoms. The summed E-state index contributed by atoms with van der Waals surface area (Å²) in [6.45, 7) is 25.2. The topological polar surface area (TPSA) is 43.4 Å². The quantitative estimate of drug-likeness (QED) is 0.338. The molecule has 0 aromatic heterocycles. The van der Waals surface area contributed by atoms with Crippen LogP contribution in [0.25, 0.3) is 0 Å². The van der Waals surface area contributed by atoms with E-state index in [4.69, 9.17) is 4.74 Å². The van der Waals surface area contributed by atoms with E-state index in [9.17, 15) is 9.59 Å². The molecule has 38 heavy (non-hydrogen) atoms. The van der Waals surface area contributed by atoms with Gasteiger partial charge in [-0.05, 0) is 47.6 Å². The van der Waals surface area contributed by atoms with Crippen LogP contribution in [0.5, 0.6) is 5.75 Å². The first-order valence-electron chi connectivity index (χ1n) is 14.0. The highest BCUT2D eigenvalue weighted by molar-refractivity contribution is 5.96. The number of ether oxygens (including phenoxy) is 1. The molecule has 0 aliphatic rings. The molecule has 214 valence electrons. The van der Waals surface area contributed by atoms with Crippen molar-refractivity contribution in [3.63, 3.8) is 0 Å². The van der Waals surface area contributed by atoms with Gasteiger partial charge in [0.15, 0.2) is 5.78 Å². The Balaban J connectivity index is 0.000000551. The first kappa shape index (κ1) is 35.6. The van der Waals surface area contributed by atoms with Crippen LogP contribution in [0.3, 0.4) is 0 Å². The largest absolute Gasteiger partial charge is 0.496 e. The van der Waals surface area contributed by atoms with Gasteiger partial charge in [0.25, 0.3) is 0 Å². The molecule has 2 aromatic rings. The van der Waals surface area contributed by atoms with Crippen LogP contribution in [-0.2, 0) is 11.2 Å². The van der Waals surface area contributed by atoms with Crippen LogP contribution in [0, 0.1) is 29.1 Å². The Morgan fingerprint density at radius 1 is 0.737 bits per heavy atom. The Hall–Kier alpha value is -2.42. The summed E-state index contributed by atoms with van der Waals surface area (Å²) in [5, 5.41) is 0. The molecule has 0 aliphatic carbocycles. The number of hydrogen-bond donors (Lipinski definition) is 0. The minimum Gasteiger partial charge on any atom is -0.496 e. The zero-order chi connectivity index (χ0) is 29.7. The molecule has 2 rings (SSSR count). The summed E-state index contributed by atoms with van der Waals surface area (Å²) in [6, 6.07) is 16.0. The van der Waals surface area contributed by atoms with Crippen LogP contribution in [0.1, 0.15) is 117 Å². The second kappa shape index (κ2) is 15.9. The number of rotatable bonds is 7. The van der Waals surface area contributed by atoms with Gasteiger partial charge in [-0.25, -0.2) is 0 Å². The Morgan fingerprint density at radius 3 is 1.63 bits per heavy atom. The molecule has 0 unspecified atom stereocenters. The van der Waals surface area contributed by atoms with Crippen molar-refractivity contribution >= 4 is 11.6 Å². The lowest BCUT2D eigenvalue weighted by Crippen LogP contribution is -2.16. The third-order valence-corrected chi connectivity index (χ3v) is 5.75. The van der Waals surface area contributed by atoms with Crippen LogP contribution in [0.15, 0.2) is 48.5 Å². The summed E-state index contributed by atoms with van der Waals surface area (Å²) >= 11 is 0. The third kappa shape index (κ3) is 17.9. The van der Waals surface area contributed by atoms with E-state index in [1.165, 1.54) is 17.5 Å². The molecular formula is C35H56O3. The Bertz CT molecular complexity index is 962. The van der Waals surface area contributed by atoms with E-state index in [0.29, 0.717) is 24.0 Å². The second-order valence-electron chi connectivity index (χ2n) is 14.3. The van der Waals surface area contributed by atoms with Gasteiger partial charge in [-0.1, -0.05) is 124 Å². The maximum absolute atomic E-state index is 11.8. The number of Topliss-reactive ketones (excluding diaryl/α,β-unsaturated/α-hetero) is 2. The van der Waals surface area contributed by atoms with E-state index in [-0.39, 0.29) is 22.5 Å². The highest BCUT2D eigenvalue weighted by Crippen LogP contribution is 2.26. The monoisotopic (exact) mass is 524 g/mol. The van der Waals surface area contributed by atoms with E-state index < -0.39 is 0 Å². The van der Waals surface area contributed by atoms with Crippen molar-refractivity contribution in [2.24, 2.45) is 22.2 Å². The first-order valence-corrected chi connectivity index (χ1v) is 14.0.